The van der Waals surface area contributed by atoms with Crippen molar-refractivity contribution in [2.75, 3.05) is 38.0 Å². The van der Waals surface area contributed by atoms with Crippen molar-refractivity contribution in [2.24, 2.45) is 5.73 Å². The summed E-state index contributed by atoms with van der Waals surface area (Å²) in [6.45, 7) is 2.42. The van der Waals surface area contributed by atoms with Gasteiger partial charge in [-0.2, -0.15) is 4.31 Å². The van der Waals surface area contributed by atoms with E-state index in [4.69, 9.17) is 5.73 Å². The van der Waals surface area contributed by atoms with E-state index in [2.05, 4.69) is 5.32 Å². The van der Waals surface area contributed by atoms with Crippen LogP contribution in [0.1, 0.15) is 32.1 Å². The largest absolute Gasteiger partial charge is 0.377 e. The molecule has 0 aromatic heterocycles. The average Bonchev–Trinajstić information content (AvgIpc) is 2.69. The molecule has 1 aromatic carbocycles. The number of anilines is 1. The number of nitro benzene ring substituents is 1. The molecule has 0 radical (unpaired) electrons. The fraction of sp³-hybridized carbons (Fsp3) is 0.611. The summed E-state index contributed by atoms with van der Waals surface area (Å²) in [4.78, 5) is 24.0. The summed E-state index contributed by atoms with van der Waals surface area (Å²) in [6.07, 6.45) is 4.01. The number of nitrogens with one attached hydrogen (secondary N) is 1. The standard InChI is InChI=1S/C18H27N5O5S/c19-18(24)13-21-10-6-14(7-11-21)20-16-5-4-15(12-17(16)23(25)26)29(27,28)22-8-2-1-3-9-22/h4-5,12,14,20H,1-3,6-11,13H2,(H2,19,24). The van der Waals surface area contributed by atoms with Crippen LogP contribution in [0.5, 0.6) is 0 Å². The molecule has 2 saturated heterocycles. The Balaban J connectivity index is 1.74. The highest BCUT2D eigenvalue weighted by atomic mass is 32.2. The number of carbonyl (C=O) groups is 1. The molecule has 29 heavy (non-hydrogen) atoms. The Morgan fingerprint density at radius 1 is 1.17 bits per heavy atom. The molecule has 1 amide bonds. The number of nitrogens with zero attached hydrogens (tertiary/aromatic N) is 3. The molecule has 3 rings (SSSR count). The third-order valence-electron chi connectivity index (χ3n) is 5.45. The maximum Gasteiger partial charge on any atom is 0.293 e. The van der Waals surface area contributed by atoms with Crippen LogP contribution in [0.3, 0.4) is 0 Å². The lowest BCUT2D eigenvalue weighted by Gasteiger charge is -2.32. The van der Waals surface area contributed by atoms with E-state index in [0.717, 1.165) is 25.3 Å². The predicted molar refractivity (Wildman–Crippen MR) is 108 cm³/mol. The zero-order valence-electron chi connectivity index (χ0n) is 16.2. The Labute approximate surface area is 170 Å². The van der Waals surface area contributed by atoms with Crippen molar-refractivity contribution < 1.29 is 18.1 Å². The monoisotopic (exact) mass is 425 g/mol. The number of primary amides is 1. The number of hydrogen-bond donors (Lipinski definition) is 2. The Morgan fingerprint density at radius 3 is 2.41 bits per heavy atom. The molecule has 11 heteroatoms. The summed E-state index contributed by atoms with van der Waals surface area (Å²) in [5.74, 6) is -0.377. The van der Waals surface area contributed by atoms with E-state index in [1.165, 1.54) is 16.4 Å². The number of nitrogens with two attached hydrogens (primary N) is 1. The number of nitro groups is 1. The lowest BCUT2D eigenvalue weighted by Crippen LogP contribution is -2.43. The molecule has 2 heterocycles. The first-order chi connectivity index (χ1) is 13.8. The van der Waals surface area contributed by atoms with Gasteiger partial charge in [0.1, 0.15) is 5.69 Å². The van der Waals surface area contributed by atoms with Gasteiger partial charge in [-0.3, -0.25) is 19.8 Å². The lowest BCUT2D eigenvalue weighted by atomic mass is 10.0. The van der Waals surface area contributed by atoms with Crippen molar-refractivity contribution in [3.05, 3.63) is 28.3 Å². The number of amides is 1. The van der Waals surface area contributed by atoms with Crippen molar-refractivity contribution in [2.45, 2.75) is 43.0 Å². The van der Waals surface area contributed by atoms with Crippen LogP contribution < -0.4 is 11.1 Å². The van der Waals surface area contributed by atoms with Crippen LogP contribution in [0.2, 0.25) is 0 Å². The fourth-order valence-corrected chi connectivity index (χ4v) is 5.41. The molecule has 160 valence electrons. The second-order valence-corrected chi connectivity index (χ2v) is 9.50. The van der Waals surface area contributed by atoms with Crippen molar-refractivity contribution in [3.8, 4) is 0 Å². The first-order valence-corrected chi connectivity index (χ1v) is 11.3. The summed E-state index contributed by atoms with van der Waals surface area (Å²) in [5, 5.41) is 14.8. The Bertz CT molecular complexity index is 861. The highest BCUT2D eigenvalue weighted by Gasteiger charge is 2.29. The predicted octanol–water partition coefficient (Wildman–Crippen LogP) is 1.13. The first kappa shape index (κ1) is 21.5. The van der Waals surface area contributed by atoms with Gasteiger partial charge in [-0.25, -0.2) is 8.42 Å². The lowest BCUT2D eigenvalue weighted by molar-refractivity contribution is -0.384. The van der Waals surface area contributed by atoms with Gasteiger partial charge in [0.05, 0.1) is 16.4 Å². The van der Waals surface area contributed by atoms with Crippen molar-refractivity contribution in [3.63, 3.8) is 0 Å². The number of benzene rings is 1. The van der Waals surface area contributed by atoms with E-state index in [0.29, 0.717) is 44.7 Å². The molecule has 0 atom stereocenters. The minimum absolute atomic E-state index is 0.00220. The van der Waals surface area contributed by atoms with Crippen LogP contribution in [0.25, 0.3) is 0 Å². The molecule has 10 nitrogen and oxygen atoms in total. The quantitative estimate of drug-likeness (QED) is 0.493. The van der Waals surface area contributed by atoms with E-state index >= 15 is 0 Å². The number of carbonyl (C=O) groups excluding carboxylic acids is 1. The van der Waals surface area contributed by atoms with E-state index in [1.807, 2.05) is 4.90 Å². The average molecular weight is 426 g/mol. The molecule has 0 bridgehead atoms. The third-order valence-corrected chi connectivity index (χ3v) is 7.34. The molecule has 2 aliphatic rings. The molecule has 1 aromatic rings. The molecule has 0 unspecified atom stereocenters. The second kappa shape index (κ2) is 9.06. The molecule has 2 aliphatic heterocycles. The Morgan fingerprint density at radius 2 is 1.83 bits per heavy atom. The van der Waals surface area contributed by atoms with Gasteiger partial charge in [-0.1, -0.05) is 6.42 Å². The van der Waals surface area contributed by atoms with Gasteiger partial charge >= 0.3 is 0 Å². The number of sulfonamides is 1. The zero-order chi connectivity index (χ0) is 21.0. The number of piperidine rings is 2. The van der Waals surface area contributed by atoms with E-state index in [9.17, 15) is 23.3 Å². The number of hydrogen-bond acceptors (Lipinski definition) is 7. The van der Waals surface area contributed by atoms with Crippen LogP contribution in [-0.4, -0.2) is 67.2 Å². The topological polar surface area (TPSA) is 139 Å². The maximum absolute atomic E-state index is 12.8. The third kappa shape index (κ3) is 5.22. The normalized spacial score (nSPS) is 19.7. The first-order valence-electron chi connectivity index (χ1n) is 9.83. The minimum atomic E-state index is -3.74. The summed E-state index contributed by atoms with van der Waals surface area (Å²) in [6, 6.07) is 4.06. The molecule has 0 spiro atoms. The molecule has 0 saturated carbocycles. The summed E-state index contributed by atoms with van der Waals surface area (Å²) in [7, 11) is -3.74. The minimum Gasteiger partial charge on any atom is -0.377 e. The zero-order valence-corrected chi connectivity index (χ0v) is 17.1. The SMILES string of the molecule is NC(=O)CN1CCC(Nc2ccc(S(=O)(=O)N3CCCCC3)cc2[N+](=O)[O-])CC1. The number of likely N-dealkylation sites (tertiary alicyclic amines) is 1. The van der Waals surface area contributed by atoms with E-state index < -0.39 is 14.9 Å². The Kier molecular flexibility index (Phi) is 6.70. The Hall–Kier alpha value is -2.24. The van der Waals surface area contributed by atoms with Gasteiger partial charge in [0.2, 0.25) is 15.9 Å². The highest BCUT2D eigenvalue weighted by molar-refractivity contribution is 7.89. The molecule has 0 aliphatic carbocycles. The van der Waals surface area contributed by atoms with Crippen LogP contribution >= 0.6 is 0 Å². The van der Waals surface area contributed by atoms with Gasteiger partial charge in [0.15, 0.2) is 0 Å². The van der Waals surface area contributed by atoms with Crippen LogP contribution in [0, 0.1) is 10.1 Å². The van der Waals surface area contributed by atoms with Crippen molar-refractivity contribution in [1.82, 2.24) is 9.21 Å². The van der Waals surface area contributed by atoms with Gasteiger partial charge in [0.25, 0.3) is 5.69 Å². The van der Waals surface area contributed by atoms with E-state index in [-0.39, 0.29) is 29.1 Å². The van der Waals surface area contributed by atoms with Gasteiger partial charge < -0.3 is 11.1 Å². The van der Waals surface area contributed by atoms with Gasteiger partial charge in [0, 0.05) is 38.3 Å². The summed E-state index contributed by atoms with van der Waals surface area (Å²) in [5.41, 5.74) is 5.27. The molecular weight excluding hydrogens is 398 g/mol. The van der Waals surface area contributed by atoms with Crippen LogP contribution in [0.15, 0.2) is 23.1 Å². The summed E-state index contributed by atoms with van der Waals surface area (Å²) < 4.78 is 27.1. The van der Waals surface area contributed by atoms with Crippen molar-refractivity contribution >= 4 is 27.3 Å². The molecular formula is C18H27N5O5S. The smallest absolute Gasteiger partial charge is 0.293 e. The van der Waals surface area contributed by atoms with Gasteiger partial charge in [-0.05, 0) is 37.8 Å². The van der Waals surface area contributed by atoms with Crippen LogP contribution in [-0.2, 0) is 14.8 Å². The second-order valence-electron chi connectivity index (χ2n) is 7.56. The molecule has 2 fully saturated rings. The van der Waals surface area contributed by atoms with Crippen LogP contribution in [0.4, 0.5) is 11.4 Å². The molecule has 3 N–H and O–H groups in total. The fourth-order valence-electron chi connectivity index (χ4n) is 3.88. The van der Waals surface area contributed by atoms with Gasteiger partial charge in [-0.15, -0.1) is 0 Å². The highest BCUT2D eigenvalue weighted by Crippen LogP contribution is 2.31. The maximum atomic E-state index is 12.8. The number of rotatable bonds is 7. The van der Waals surface area contributed by atoms with Crippen molar-refractivity contribution in [1.29, 1.82) is 0 Å². The summed E-state index contributed by atoms with van der Waals surface area (Å²) >= 11 is 0. The van der Waals surface area contributed by atoms with E-state index in [1.54, 1.807) is 0 Å².